The molecule has 0 spiro atoms. The summed E-state index contributed by atoms with van der Waals surface area (Å²) in [6.07, 6.45) is 7.67. The minimum absolute atomic E-state index is 0.179. The molecule has 0 unspecified atom stereocenters. The maximum absolute atomic E-state index is 6.47. The summed E-state index contributed by atoms with van der Waals surface area (Å²) in [5, 5.41) is 6.08. The van der Waals surface area contributed by atoms with Crippen LogP contribution in [0.15, 0.2) is 11.3 Å². The van der Waals surface area contributed by atoms with Gasteiger partial charge in [-0.25, -0.2) is 5.43 Å². The molecule has 3 saturated carbocycles. The van der Waals surface area contributed by atoms with Crippen molar-refractivity contribution in [2.45, 2.75) is 57.9 Å². The van der Waals surface area contributed by atoms with E-state index in [9.17, 15) is 0 Å². The molecular formula is C17H30N4. The Hall–Kier alpha value is -0.580. The Bertz CT molecular complexity index is 455. The molecule has 0 saturated heterocycles. The van der Waals surface area contributed by atoms with E-state index in [-0.39, 0.29) is 11.0 Å². The lowest BCUT2D eigenvalue weighted by molar-refractivity contribution is 0.00695. The fourth-order valence-electron chi connectivity index (χ4n) is 5.14. The molecule has 3 fully saturated rings. The Kier molecular flexibility index (Phi) is 2.98. The van der Waals surface area contributed by atoms with Gasteiger partial charge in [-0.05, 0) is 49.5 Å². The van der Waals surface area contributed by atoms with Crippen LogP contribution in [0.5, 0.6) is 0 Å². The number of hydrazine groups is 1. The van der Waals surface area contributed by atoms with E-state index >= 15 is 0 Å². The zero-order valence-electron chi connectivity index (χ0n) is 13.6. The lowest BCUT2D eigenvalue weighted by atomic mass is 9.57. The Balaban J connectivity index is 1.54. The zero-order valence-corrected chi connectivity index (χ0v) is 13.6. The molecular weight excluding hydrogens is 260 g/mol. The molecule has 0 atom stereocenters. The van der Waals surface area contributed by atoms with Gasteiger partial charge in [0.2, 0.25) is 0 Å². The zero-order chi connectivity index (χ0) is 14.7. The minimum atomic E-state index is 0.179. The molecule has 0 aromatic carbocycles. The van der Waals surface area contributed by atoms with E-state index in [1.807, 2.05) is 0 Å². The summed E-state index contributed by atoms with van der Waals surface area (Å²) in [5.74, 6) is 0. The number of nitrogens with zero attached hydrogens (tertiary/aromatic N) is 1. The number of nitrogens with two attached hydrogens (primary N) is 1. The van der Waals surface area contributed by atoms with Crippen LogP contribution in [0.2, 0.25) is 0 Å². The largest absolute Gasteiger partial charge is 0.325 e. The van der Waals surface area contributed by atoms with Gasteiger partial charge in [-0.3, -0.25) is 0 Å². The smallest absolute Gasteiger partial charge is 0.0397 e. The van der Waals surface area contributed by atoms with Crippen LogP contribution in [0.1, 0.15) is 52.4 Å². The highest BCUT2D eigenvalue weighted by molar-refractivity contribution is 5.29. The molecule has 0 aromatic heterocycles. The summed E-state index contributed by atoms with van der Waals surface area (Å²) in [6.45, 7) is 9.11. The maximum atomic E-state index is 6.47. The molecule has 4 nitrogen and oxygen atoms in total. The highest BCUT2D eigenvalue weighted by Gasteiger charge is 2.49. The third-order valence-corrected chi connectivity index (χ3v) is 6.59. The molecule has 0 amide bonds. The number of hydrogen-bond acceptors (Lipinski definition) is 4. The second kappa shape index (κ2) is 4.46. The summed E-state index contributed by atoms with van der Waals surface area (Å²) in [7, 11) is 0. The van der Waals surface area contributed by atoms with Crippen molar-refractivity contribution in [1.82, 2.24) is 15.8 Å². The molecule has 4 N–H and O–H groups in total. The topological polar surface area (TPSA) is 53.3 Å². The van der Waals surface area contributed by atoms with Gasteiger partial charge in [-0.15, -0.1) is 0 Å². The average Bonchev–Trinajstić information content (AvgIpc) is 2.85. The lowest BCUT2D eigenvalue weighted by Crippen LogP contribution is -2.56. The summed E-state index contributed by atoms with van der Waals surface area (Å²) >= 11 is 0. The van der Waals surface area contributed by atoms with Crippen LogP contribution in [0, 0.1) is 10.8 Å². The molecule has 3 aliphatic carbocycles. The number of rotatable bonds is 2. The van der Waals surface area contributed by atoms with Gasteiger partial charge in [0, 0.05) is 42.8 Å². The second-order valence-corrected chi connectivity index (χ2v) is 8.72. The van der Waals surface area contributed by atoms with Gasteiger partial charge in [0.05, 0.1) is 0 Å². The van der Waals surface area contributed by atoms with Gasteiger partial charge in [-0.2, -0.15) is 0 Å². The van der Waals surface area contributed by atoms with E-state index in [2.05, 4.69) is 29.6 Å². The van der Waals surface area contributed by atoms with Crippen molar-refractivity contribution < 1.29 is 0 Å². The van der Waals surface area contributed by atoms with Gasteiger partial charge < -0.3 is 16.1 Å². The van der Waals surface area contributed by atoms with E-state index in [1.165, 1.54) is 45.1 Å². The molecule has 2 bridgehead atoms. The Labute approximate surface area is 128 Å². The highest BCUT2D eigenvalue weighted by Crippen LogP contribution is 2.52. The SMILES string of the molecule is CC1(C)CNCC2=C1N(CC13CCC(N)(CC1)CC3)NC2. The van der Waals surface area contributed by atoms with Crippen molar-refractivity contribution in [3.8, 4) is 0 Å². The average molecular weight is 290 g/mol. The first-order valence-corrected chi connectivity index (χ1v) is 8.65. The third kappa shape index (κ3) is 2.23. The van der Waals surface area contributed by atoms with Crippen LogP contribution in [-0.4, -0.2) is 36.7 Å². The lowest BCUT2D eigenvalue weighted by Gasteiger charge is -2.53. The predicted octanol–water partition coefficient (Wildman–Crippen LogP) is 1.74. The Morgan fingerprint density at radius 1 is 1.05 bits per heavy atom. The van der Waals surface area contributed by atoms with E-state index in [1.54, 1.807) is 11.3 Å². The van der Waals surface area contributed by atoms with Crippen molar-refractivity contribution in [3.63, 3.8) is 0 Å². The first-order chi connectivity index (χ1) is 9.92. The monoisotopic (exact) mass is 290 g/mol. The van der Waals surface area contributed by atoms with Crippen LogP contribution in [0.25, 0.3) is 0 Å². The van der Waals surface area contributed by atoms with E-state index in [0.717, 1.165) is 19.6 Å². The van der Waals surface area contributed by atoms with Crippen molar-refractivity contribution in [2.75, 3.05) is 26.2 Å². The second-order valence-electron chi connectivity index (χ2n) is 8.72. The van der Waals surface area contributed by atoms with Gasteiger partial charge in [0.15, 0.2) is 0 Å². The predicted molar refractivity (Wildman–Crippen MR) is 85.4 cm³/mol. The van der Waals surface area contributed by atoms with Crippen LogP contribution in [0.3, 0.4) is 0 Å². The van der Waals surface area contributed by atoms with Crippen molar-refractivity contribution in [3.05, 3.63) is 11.3 Å². The van der Waals surface area contributed by atoms with Crippen LogP contribution >= 0.6 is 0 Å². The number of hydrogen-bond donors (Lipinski definition) is 3. The van der Waals surface area contributed by atoms with Crippen LogP contribution < -0.4 is 16.5 Å². The van der Waals surface area contributed by atoms with Crippen LogP contribution in [-0.2, 0) is 0 Å². The number of nitrogens with one attached hydrogen (secondary N) is 2. The Morgan fingerprint density at radius 3 is 2.38 bits per heavy atom. The molecule has 118 valence electrons. The maximum Gasteiger partial charge on any atom is 0.0397 e. The fraction of sp³-hybridized carbons (Fsp3) is 0.882. The van der Waals surface area contributed by atoms with Gasteiger partial charge >= 0.3 is 0 Å². The standard InChI is InChI=1S/C17H30N4/c1-15(2)11-19-9-13-10-20-21(14(13)15)12-16-3-6-17(18,7-4-16)8-5-16/h19-20H,3-12,18H2,1-2H3. The molecule has 2 heterocycles. The minimum Gasteiger partial charge on any atom is -0.325 e. The highest BCUT2D eigenvalue weighted by atomic mass is 15.5. The van der Waals surface area contributed by atoms with Gasteiger partial charge in [-0.1, -0.05) is 13.8 Å². The molecule has 0 radical (unpaired) electrons. The van der Waals surface area contributed by atoms with E-state index < -0.39 is 0 Å². The number of fused-ring (bicyclic) bond motifs is 3. The fourth-order valence-corrected chi connectivity index (χ4v) is 5.14. The quantitative estimate of drug-likeness (QED) is 0.725. The van der Waals surface area contributed by atoms with E-state index in [0.29, 0.717) is 5.41 Å². The van der Waals surface area contributed by atoms with Crippen molar-refractivity contribution >= 4 is 0 Å². The first-order valence-electron chi connectivity index (χ1n) is 8.65. The molecule has 21 heavy (non-hydrogen) atoms. The summed E-state index contributed by atoms with van der Waals surface area (Å²) in [4.78, 5) is 0. The Morgan fingerprint density at radius 2 is 1.71 bits per heavy atom. The van der Waals surface area contributed by atoms with Gasteiger partial charge in [0.1, 0.15) is 0 Å². The first kappa shape index (κ1) is 14.0. The molecule has 2 aliphatic heterocycles. The molecule has 5 aliphatic rings. The molecule has 4 heteroatoms. The summed E-state index contributed by atoms with van der Waals surface area (Å²) in [6, 6.07) is 0. The van der Waals surface area contributed by atoms with Crippen molar-refractivity contribution in [2.24, 2.45) is 16.6 Å². The normalized spacial score (nSPS) is 41.6. The van der Waals surface area contributed by atoms with E-state index in [4.69, 9.17) is 5.73 Å². The summed E-state index contributed by atoms with van der Waals surface area (Å²) in [5.41, 5.74) is 14.2. The molecule has 0 aromatic rings. The van der Waals surface area contributed by atoms with Crippen molar-refractivity contribution in [1.29, 1.82) is 0 Å². The molecule has 5 rings (SSSR count). The van der Waals surface area contributed by atoms with Gasteiger partial charge in [0.25, 0.3) is 0 Å². The summed E-state index contributed by atoms with van der Waals surface area (Å²) < 4.78 is 0. The van der Waals surface area contributed by atoms with Crippen LogP contribution in [0.4, 0.5) is 0 Å². The third-order valence-electron chi connectivity index (χ3n) is 6.59.